The van der Waals surface area contributed by atoms with Gasteiger partial charge in [-0.3, -0.25) is 0 Å². The quantitative estimate of drug-likeness (QED) is 0.181. The van der Waals surface area contributed by atoms with Gasteiger partial charge >= 0.3 is 0 Å². The lowest BCUT2D eigenvalue weighted by atomic mass is 9.73. The van der Waals surface area contributed by atoms with Gasteiger partial charge in [-0.25, -0.2) is 0 Å². The Balaban J connectivity index is 1.08. The molecule has 2 nitrogen and oxygen atoms in total. The van der Waals surface area contributed by atoms with Gasteiger partial charge in [0.25, 0.3) is 0 Å². The van der Waals surface area contributed by atoms with Gasteiger partial charge < -0.3 is 9.80 Å². The van der Waals surface area contributed by atoms with Gasteiger partial charge in [0.1, 0.15) is 0 Å². The van der Waals surface area contributed by atoms with Crippen molar-refractivity contribution >= 4 is 34.5 Å². The first-order chi connectivity index (χ1) is 24.2. The fourth-order valence-electron chi connectivity index (χ4n) is 7.96. The van der Waals surface area contributed by atoms with E-state index in [1.807, 2.05) is 0 Å². The van der Waals surface area contributed by atoms with Gasteiger partial charge in [0.15, 0.2) is 0 Å². The Morgan fingerprint density at radius 3 is 1.63 bits per heavy atom. The van der Waals surface area contributed by atoms with E-state index >= 15 is 0 Å². The van der Waals surface area contributed by atoms with Crippen LogP contribution >= 0.6 is 0 Å². The van der Waals surface area contributed by atoms with E-state index in [2.05, 4.69) is 211 Å². The van der Waals surface area contributed by atoms with Crippen molar-refractivity contribution in [1.82, 2.24) is 0 Å². The lowest BCUT2D eigenvalue weighted by molar-refractivity contribution is 0.532. The Kier molecular flexibility index (Phi) is 7.02. The summed E-state index contributed by atoms with van der Waals surface area (Å²) in [6.45, 7) is 2.39. The molecule has 0 spiro atoms. The molecule has 0 aromatic heterocycles. The van der Waals surface area contributed by atoms with Crippen LogP contribution in [0.2, 0.25) is 0 Å². The third-order valence-corrected chi connectivity index (χ3v) is 10.3. The van der Waals surface area contributed by atoms with Crippen LogP contribution in [0.5, 0.6) is 0 Å². The highest BCUT2D eigenvalue weighted by atomic mass is 15.2. The van der Waals surface area contributed by atoms with Crippen LogP contribution in [-0.4, -0.2) is 5.54 Å². The summed E-state index contributed by atoms with van der Waals surface area (Å²) in [5, 5.41) is 0. The standard InChI is InChI=1S/C47H36N2/c1-47-32-31-37-15-11-12-20-43(37)46(47)44-33-38(34-13-5-2-6-14-34)25-30-45(44)49(47)42-28-23-36(24-29-42)35-21-26-41(27-22-35)48(39-16-7-3-8-17-39)40-18-9-4-10-19-40/h2-33,46H,1H3. The fourth-order valence-corrected chi connectivity index (χ4v) is 7.96. The molecular weight excluding hydrogens is 593 g/mol. The summed E-state index contributed by atoms with van der Waals surface area (Å²) in [7, 11) is 0. The molecule has 7 aromatic carbocycles. The van der Waals surface area contributed by atoms with Crippen molar-refractivity contribution in [3.05, 3.63) is 205 Å². The molecule has 0 radical (unpaired) electrons. The van der Waals surface area contributed by atoms with Crippen molar-refractivity contribution in [3.8, 4) is 22.3 Å². The molecule has 1 heterocycles. The molecule has 0 fully saturated rings. The number of para-hydroxylation sites is 2. The number of fused-ring (bicyclic) bond motifs is 5. The normalized spacial score (nSPS) is 17.2. The monoisotopic (exact) mass is 628 g/mol. The molecule has 9 rings (SSSR count). The summed E-state index contributed by atoms with van der Waals surface area (Å²) in [6.07, 6.45) is 4.73. The third kappa shape index (κ3) is 4.96. The predicted octanol–water partition coefficient (Wildman–Crippen LogP) is 12.6. The number of benzene rings is 7. The maximum Gasteiger partial charge on any atom is 0.0718 e. The van der Waals surface area contributed by atoms with Crippen molar-refractivity contribution in [2.24, 2.45) is 0 Å². The number of hydrogen-bond acceptors (Lipinski definition) is 2. The molecule has 0 saturated carbocycles. The summed E-state index contributed by atoms with van der Waals surface area (Å²) in [5.41, 5.74) is 14.6. The van der Waals surface area contributed by atoms with Crippen LogP contribution in [0.3, 0.4) is 0 Å². The molecule has 0 saturated heterocycles. The Morgan fingerprint density at radius 2 is 0.980 bits per heavy atom. The van der Waals surface area contributed by atoms with Crippen LogP contribution in [0.1, 0.15) is 29.5 Å². The molecule has 2 atom stereocenters. The van der Waals surface area contributed by atoms with Crippen LogP contribution in [-0.2, 0) is 0 Å². The van der Waals surface area contributed by atoms with Crippen LogP contribution in [0, 0.1) is 0 Å². The van der Waals surface area contributed by atoms with E-state index in [4.69, 9.17) is 0 Å². The summed E-state index contributed by atoms with van der Waals surface area (Å²) < 4.78 is 0. The summed E-state index contributed by atoms with van der Waals surface area (Å²) in [4.78, 5) is 4.85. The molecule has 2 heteroatoms. The molecular formula is C47H36N2. The first kappa shape index (κ1) is 29.1. The lowest BCUT2D eigenvalue weighted by Crippen LogP contribution is -2.43. The van der Waals surface area contributed by atoms with E-state index in [0.29, 0.717) is 0 Å². The molecule has 0 bridgehead atoms. The zero-order valence-electron chi connectivity index (χ0n) is 27.4. The maximum absolute atomic E-state index is 2.55. The molecule has 234 valence electrons. The van der Waals surface area contributed by atoms with Gasteiger partial charge in [0.05, 0.1) is 5.54 Å². The minimum atomic E-state index is -0.243. The topological polar surface area (TPSA) is 6.48 Å². The molecule has 2 aliphatic rings. The van der Waals surface area contributed by atoms with Crippen LogP contribution < -0.4 is 9.80 Å². The van der Waals surface area contributed by atoms with E-state index < -0.39 is 0 Å². The summed E-state index contributed by atoms with van der Waals surface area (Å²) in [5.74, 6) is 0.219. The Morgan fingerprint density at radius 1 is 0.469 bits per heavy atom. The fraction of sp³-hybridized carbons (Fsp3) is 0.0638. The van der Waals surface area contributed by atoms with Crippen LogP contribution in [0.15, 0.2) is 188 Å². The summed E-state index contributed by atoms with van der Waals surface area (Å²) in [6, 6.07) is 65.8. The zero-order chi connectivity index (χ0) is 32.8. The minimum Gasteiger partial charge on any atom is -0.331 e. The average Bonchev–Trinajstić information content (AvgIpc) is 3.44. The molecule has 2 unspecified atom stereocenters. The second kappa shape index (κ2) is 11.8. The molecule has 0 N–H and O–H groups in total. The number of hydrogen-bond donors (Lipinski definition) is 0. The van der Waals surface area contributed by atoms with E-state index in [1.165, 1.54) is 50.3 Å². The van der Waals surface area contributed by atoms with Crippen molar-refractivity contribution in [2.45, 2.75) is 18.4 Å². The Hall–Kier alpha value is -6.12. The first-order valence-electron chi connectivity index (χ1n) is 17.1. The van der Waals surface area contributed by atoms with E-state index in [1.54, 1.807) is 0 Å². The maximum atomic E-state index is 2.55. The van der Waals surface area contributed by atoms with Crippen LogP contribution in [0.25, 0.3) is 28.3 Å². The zero-order valence-corrected chi connectivity index (χ0v) is 27.4. The van der Waals surface area contributed by atoms with Gasteiger partial charge in [-0.1, -0.05) is 133 Å². The minimum absolute atomic E-state index is 0.219. The highest BCUT2D eigenvalue weighted by Crippen LogP contribution is 2.57. The molecule has 0 amide bonds. The average molecular weight is 629 g/mol. The summed E-state index contributed by atoms with van der Waals surface area (Å²) >= 11 is 0. The smallest absolute Gasteiger partial charge is 0.0718 e. The van der Waals surface area contributed by atoms with Gasteiger partial charge in [-0.2, -0.15) is 0 Å². The second-order valence-corrected chi connectivity index (χ2v) is 13.2. The van der Waals surface area contributed by atoms with Crippen molar-refractivity contribution in [1.29, 1.82) is 0 Å². The van der Waals surface area contributed by atoms with Crippen molar-refractivity contribution < 1.29 is 0 Å². The number of nitrogens with zero attached hydrogens (tertiary/aromatic N) is 2. The first-order valence-corrected chi connectivity index (χ1v) is 17.1. The molecule has 7 aromatic rings. The van der Waals surface area contributed by atoms with E-state index in [9.17, 15) is 0 Å². The highest BCUT2D eigenvalue weighted by Gasteiger charge is 2.50. The lowest BCUT2D eigenvalue weighted by Gasteiger charge is -2.41. The van der Waals surface area contributed by atoms with Gasteiger partial charge in [-0.05, 0) is 107 Å². The van der Waals surface area contributed by atoms with E-state index in [-0.39, 0.29) is 11.5 Å². The van der Waals surface area contributed by atoms with Gasteiger partial charge in [0, 0.05) is 34.4 Å². The number of rotatable bonds is 6. The van der Waals surface area contributed by atoms with Gasteiger partial charge in [0.2, 0.25) is 0 Å². The second-order valence-electron chi connectivity index (χ2n) is 13.2. The van der Waals surface area contributed by atoms with Crippen molar-refractivity contribution in [3.63, 3.8) is 0 Å². The van der Waals surface area contributed by atoms with Crippen molar-refractivity contribution in [2.75, 3.05) is 9.80 Å². The molecule has 49 heavy (non-hydrogen) atoms. The number of anilines is 5. The highest BCUT2D eigenvalue weighted by molar-refractivity contribution is 5.85. The SMILES string of the molecule is CC12C=Cc3ccccc3C1c1cc(-c3ccccc3)ccc1N2c1ccc(-c2ccc(N(c3ccccc3)c3ccccc3)cc2)cc1. The van der Waals surface area contributed by atoms with Crippen LogP contribution in [0.4, 0.5) is 28.4 Å². The third-order valence-electron chi connectivity index (χ3n) is 10.3. The predicted molar refractivity (Wildman–Crippen MR) is 206 cm³/mol. The Bertz CT molecular complexity index is 2230. The molecule has 1 aliphatic heterocycles. The van der Waals surface area contributed by atoms with Gasteiger partial charge in [-0.15, -0.1) is 0 Å². The molecule has 1 aliphatic carbocycles. The Labute approximate surface area is 288 Å². The van der Waals surface area contributed by atoms with E-state index in [0.717, 1.165) is 17.1 Å². The largest absolute Gasteiger partial charge is 0.331 e.